The second-order valence-corrected chi connectivity index (χ2v) is 3.84. The van der Waals surface area contributed by atoms with Crippen LogP contribution in [-0.2, 0) is 4.79 Å². The highest BCUT2D eigenvalue weighted by Gasteiger charge is 2.17. The van der Waals surface area contributed by atoms with E-state index < -0.39 is 23.9 Å². The fourth-order valence-corrected chi connectivity index (χ4v) is 1.38. The molecule has 102 valence electrons. The fourth-order valence-electron chi connectivity index (χ4n) is 1.38. The van der Waals surface area contributed by atoms with Gasteiger partial charge < -0.3 is 21.5 Å². The van der Waals surface area contributed by atoms with Gasteiger partial charge in [-0.25, -0.2) is 9.59 Å². The summed E-state index contributed by atoms with van der Waals surface area (Å²) >= 11 is 0. The second-order valence-electron chi connectivity index (χ2n) is 3.84. The van der Waals surface area contributed by atoms with Gasteiger partial charge >= 0.3 is 12.0 Å². The zero-order valence-corrected chi connectivity index (χ0v) is 10.3. The van der Waals surface area contributed by atoms with Crippen LogP contribution in [0.1, 0.15) is 23.7 Å². The summed E-state index contributed by atoms with van der Waals surface area (Å²) in [5, 5.41) is 13.6. The number of primary amides is 1. The number of rotatable bonds is 5. The number of nitrogens with two attached hydrogens (primary N) is 1. The van der Waals surface area contributed by atoms with Crippen molar-refractivity contribution in [3.63, 3.8) is 0 Å². The van der Waals surface area contributed by atoms with Gasteiger partial charge in [-0.05, 0) is 30.7 Å². The highest BCUT2D eigenvalue weighted by molar-refractivity contribution is 5.95. The van der Waals surface area contributed by atoms with Crippen LogP contribution < -0.4 is 16.4 Å². The molecule has 0 spiro atoms. The molecule has 0 fully saturated rings. The molecule has 0 aromatic heterocycles. The van der Waals surface area contributed by atoms with E-state index >= 15 is 0 Å². The Labute approximate surface area is 109 Å². The molecule has 1 unspecified atom stereocenters. The maximum Gasteiger partial charge on any atom is 0.326 e. The Hall–Kier alpha value is -2.57. The van der Waals surface area contributed by atoms with Crippen LogP contribution in [0.2, 0.25) is 0 Å². The van der Waals surface area contributed by atoms with E-state index in [1.807, 2.05) is 0 Å². The summed E-state index contributed by atoms with van der Waals surface area (Å²) in [6.07, 6.45) is 0.281. The second kappa shape index (κ2) is 6.39. The standard InChI is InChI=1S/C12H15N3O4/c1-2-9(11(17)18)15-12(19)14-8-5-3-7(4-6-8)10(13)16/h3-6,9H,2H2,1H3,(H2,13,16)(H,17,18)(H2,14,15,19). The van der Waals surface area contributed by atoms with E-state index in [1.165, 1.54) is 24.3 Å². The minimum Gasteiger partial charge on any atom is -0.480 e. The van der Waals surface area contributed by atoms with Gasteiger partial charge in [-0.2, -0.15) is 0 Å². The minimum atomic E-state index is -1.10. The van der Waals surface area contributed by atoms with E-state index in [-0.39, 0.29) is 6.42 Å². The van der Waals surface area contributed by atoms with Gasteiger partial charge in [0.1, 0.15) is 6.04 Å². The summed E-state index contributed by atoms with van der Waals surface area (Å²) in [6.45, 7) is 1.65. The molecule has 7 nitrogen and oxygen atoms in total. The third-order valence-electron chi connectivity index (χ3n) is 2.44. The van der Waals surface area contributed by atoms with Gasteiger partial charge in [-0.1, -0.05) is 6.92 Å². The van der Waals surface area contributed by atoms with Crippen molar-refractivity contribution in [3.8, 4) is 0 Å². The van der Waals surface area contributed by atoms with Gasteiger partial charge in [0.15, 0.2) is 0 Å². The largest absolute Gasteiger partial charge is 0.480 e. The van der Waals surface area contributed by atoms with Crippen molar-refractivity contribution in [1.82, 2.24) is 5.32 Å². The summed E-state index contributed by atoms with van der Waals surface area (Å²) in [5.41, 5.74) is 5.83. The van der Waals surface area contributed by atoms with Gasteiger partial charge in [0.25, 0.3) is 0 Å². The van der Waals surface area contributed by atoms with E-state index in [2.05, 4.69) is 10.6 Å². The highest BCUT2D eigenvalue weighted by atomic mass is 16.4. The molecule has 1 aromatic carbocycles. The summed E-state index contributed by atoms with van der Waals surface area (Å²) in [4.78, 5) is 33.1. The number of hydrogen-bond acceptors (Lipinski definition) is 3. The first-order valence-corrected chi connectivity index (χ1v) is 5.64. The Bertz CT molecular complexity index is 484. The summed E-state index contributed by atoms with van der Waals surface area (Å²) < 4.78 is 0. The number of benzene rings is 1. The number of carbonyl (C=O) groups excluding carboxylic acids is 2. The normalized spacial score (nSPS) is 11.4. The zero-order chi connectivity index (χ0) is 14.4. The van der Waals surface area contributed by atoms with Crippen molar-refractivity contribution in [2.24, 2.45) is 5.73 Å². The molecule has 0 aliphatic rings. The first-order valence-electron chi connectivity index (χ1n) is 5.64. The predicted octanol–water partition coefficient (Wildman–Crippen LogP) is 0.770. The van der Waals surface area contributed by atoms with Gasteiger partial charge in [0.2, 0.25) is 5.91 Å². The average Bonchev–Trinajstić information content (AvgIpc) is 2.36. The maximum atomic E-state index is 11.5. The number of amides is 3. The lowest BCUT2D eigenvalue weighted by Gasteiger charge is -2.13. The summed E-state index contributed by atoms with van der Waals surface area (Å²) in [5.74, 6) is -1.66. The van der Waals surface area contributed by atoms with Crippen LogP contribution in [0.15, 0.2) is 24.3 Å². The summed E-state index contributed by atoms with van der Waals surface area (Å²) in [7, 11) is 0. The van der Waals surface area contributed by atoms with Crippen molar-refractivity contribution in [1.29, 1.82) is 0 Å². The number of anilines is 1. The van der Waals surface area contributed by atoms with E-state index in [9.17, 15) is 14.4 Å². The van der Waals surface area contributed by atoms with Crippen molar-refractivity contribution in [2.75, 3.05) is 5.32 Å². The Kier molecular flexibility index (Phi) is 4.87. The van der Waals surface area contributed by atoms with Crippen molar-refractivity contribution >= 4 is 23.6 Å². The molecule has 0 saturated carbocycles. The molecule has 5 N–H and O–H groups in total. The Morgan fingerprint density at radius 2 is 1.84 bits per heavy atom. The molecule has 1 atom stereocenters. The van der Waals surface area contributed by atoms with Crippen LogP contribution in [0, 0.1) is 0 Å². The number of hydrogen-bond donors (Lipinski definition) is 4. The molecule has 0 heterocycles. The zero-order valence-electron chi connectivity index (χ0n) is 10.3. The van der Waals surface area contributed by atoms with Crippen LogP contribution in [0.25, 0.3) is 0 Å². The van der Waals surface area contributed by atoms with E-state index in [4.69, 9.17) is 10.8 Å². The maximum absolute atomic E-state index is 11.5. The first kappa shape index (κ1) is 14.5. The average molecular weight is 265 g/mol. The first-order chi connectivity index (χ1) is 8.93. The fraction of sp³-hybridized carbons (Fsp3) is 0.250. The predicted molar refractivity (Wildman–Crippen MR) is 68.8 cm³/mol. The topological polar surface area (TPSA) is 122 Å². The van der Waals surface area contributed by atoms with Gasteiger partial charge in [-0.3, -0.25) is 4.79 Å². The molecule has 1 aromatic rings. The number of nitrogens with one attached hydrogen (secondary N) is 2. The molecule has 0 saturated heterocycles. The van der Waals surface area contributed by atoms with Gasteiger partial charge in [0, 0.05) is 11.3 Å². The number of aliphatic carboxylic acids is 1. The van der Waals surface area contributed by atoms with E-state index in [1.54, 1.807) is 6.92 Å². The lowest BCUT2D eigenvalue weighted by molar-refractivity contribution is -0.139. The number of carbonyl (C=O) groups is 3. The van der Waals surface area contributed by atoms with Crippen molar-refractivity contribution < 1.29 is 19.5 Å². The van der Waals surface area contributed by atoms with Crippen LogP contribution in [0.4, 0.5) is 10.5 Å². The Balaban J connectivity index is 2.61. The lowest BCUT2D eigenvalue weighted by Crippen LogP contribution is -2.42. The van der Waals surface area contributed by atoms with Crippen LogP contribution in [0.3, 0.4) is 0 Å². The Morgan fingerprint density at radius 3 is 2.26 bits per heavy atom. The lowest BCUT2D eigenvalue weighted by atomic mass is 10.2. The molecule has 1 rings (SSSR count). The summed E-state index contributed by atoms with van der Waals surface area (Å²) in [6, 6.07) is 4.37. The van der Waals surface area contributed by atoms with Gasteiger partial charge in [0.05, 0.1) is 0 Å². The van der Waals surface area contributed by atoms with Crippen LogP contribution in [-0.4, -0.2) is 29.1 Å². The highest BCUT2D eigenvalue weighted by Crippen LogP contribution is 2.09. The molecule has 0 bridgehead atoms. The molecular weight excluding hydrogens is 250 g/mol. The number of urea groups is 1. The molecule has 7 heteroatoms. The van der Waals surface area contributed by atoms with Crippen molar-refractivity contribution in [3.05, 3.63) is 29.8 Å². The monoisotopic (exact) mass is 265 g/mol. The SMILES string of the molecule is CCC(NC(=O)Nc1ccc(C(N)=O)cc1)C(=O)O. The Morgan fingerprint density at radius 1 is 1.26 bits per heavy atom. The van der Waals surface area contributed by atoms with Crippen LogP contribution in [0.5, 0.6) is 0 Å². The van der Waals surface area contributed by atoms with E-state index in [0.29, 0.717) is 11.3 Å². The third-order valence-corrected chi connectivity index (χ3v) is 2.44. The number of carboxylic acid groups (broad SMARTS) is 1. The number of carboxylic acids is 1. The smallest absolute Gasteiger partial charge is 0.326 e. The molecule has 3 amide bonds. The van der Waals surface area contributed by atoms with Crippen LogP contribution >= 0.6 is 0 Å². The molecule has 0 aliphatic carbocycles. The van der Waals surface area contributed by atoms with Crippen molar-refractivity contribution in [2.45, 2.75) is 19.4 Å². The molecule has 19 heavy (non-hydrogen) atoms. The molecule has 0 radical (unpaired) electrons. The molecular formula is C12H15N3O4. The third kappa shape index (κ3) is 4.30. The minimum absolute atomic E-state index is 0.281. The molecule has 0 aliphatic heterocycles. The quantitative estimate of drug-likeness (QED) is 0.628. The van der Waals surface area contributed by atoms with E-state index in [0.717, 1.165) is 0 Å². The van der Waals surface area contributed by atoms with Gasteiger partial charge in [-0.15, -0.1) is 0 Å².